The Bertz CT molecular complexity index is 529. The highest BCUT2D eigenvalue weighted by Crippen LogP contribution is 2.37. The van der Waals surface area contributed by atoms with Crippen LogP contribution in [0.3, 0.4) is 0 Å². The Kier molecular flexibility index (Phi) is 4.83. The van der Waals surface area contributed by atoms with Gasteiger partial charge in [-0.05, 0) is 30.4 Å². The van der Waals surface area contributed by atoms with Gasteiger partial charge in [0.15, 0.2) is 0 Å². The van der Waals surface area contributed by atoms with Crippen LogP contribution in [0.25, 0.3) is 0 Å². The number of ether oxygens (including phenoxy) is 1. The van der Waals surface area contributed by atoms with E-state index in [4.69, 9.17) is 4.74 Å². The lowest BCUT2D eigenvalue weighted by atomic mass is 9.98. The molecule has 1 aromatic rings. The lowest BCUT2D eigenvalue weighted by Crippen LogP contribution is -2.35. The highest BCUT2D eigenvalue weighted by molar-refractivity contribution is 5.82. The van der Waals surface area contributed by atoms with E-state index in [9.17, 15) is 14.7 Å². The Labute approximate surface area is 124 Å². The summed E-state index contributed by atoms with van der Waals surface area (Å²) in [6.07, 6.45) is 1.23. The Morgan fingerprint density at radius 3 is 2.67 bits per heavy atom. The quantitative estimate of drug-likeness (QED) is 0.802. The standard InChI is InChI=1S/C16H21NO4/c1-10-7-13(10)15(18)17-9-12(16(19)20)8-11-5-3-4-6-14(11)21-2/h3-6,10,12-13H,7-9H2,1-2H3,(H,17,18)(H,19,20)/t10-,12+,13+/m0/s1. The number of methoxy groups -OCH3 is 1. The highest BCUT2D eigenvalue weighted by atomic mass is 16.5. The fourth-order valence-electron chi connectivity index (χ4n) is 2.43. The highest BCUT2D eigenvalue weighted by Gasteiger charge is 2.39. The number of rotatable bonds is 7. The zero-order valence-corrected chi connectivity index (χ0v) is 12.3. The first kappa shape index (κ1) is 15.4. The average Bonchev–Trinajstić information content (AvgIpc) is 3.20. The number of carbonyl (C=O) groups excluding carboxylic acids is 1. The summed E-state index contributed by atoms with van der Waals surface area (Å²) in [5.41, 5.74) is 0.835. The molecule has 1 amide bonds. The van der Waals surface area contributed by atoms with E-state index in [-0.39, 0.29) is 18.4 Å². The van der Waals surface area contributed by atoms with E-state index in [1.807, 2.05) is 25.1 Å². The lowest BCUT2D eigenvalue weighted by molar-refractivity contribution is -0.141. The Balaban J connectivity index is 1.95. The third-order valence-electron chi connectivity index (χ3n) is 3.98. The number of amides is 1. The predicted molar refractivity (Wildman–Crippen MR) is 78.1 cm³/mol. The van der Waals surface area contributed by atoms with Gasteiger partial charge in [-0.25, -0.2) is 0 Å². The molecule has 0 aliphatic heterocycles. The summed E-state index contributed by atoms with van der Waals surface area (Å²) in [5, 5.41) is 12.1. The molecule has 0 radical (unpaired) electrons. The van der Waals surface area contributed by atoms with E-state index in [0.29, 0.717) is 18.1 Å². The van der Waals surface area contributed by atoms with Crippen molar-refractivity contribution in [2.24, 2.45) is 17.8 Å². The third-order valence-corrected chi connectivity index (χ3v) is 3.98. The summed E-state index contributed by atoms with van der Waals surface area (Å²) >= 11 is 0. The van der Waals surface area contributed by atoms with E-state index in [2.05, 4.69) is 5.32 Å². The number of hydrogen-bond donors (Lipinski definition) is 2. The van der Waals surface area contributed by atoms with Gasteiger partial charge in [0, 0.05) is 12.5 Å². The Morgan fingerprint density at radius 1 is 1.43 bits per heavy atom. The van der Waals surface area contributed by atoms with Crippen LogP contribution in [0.4, 0.5) is 0 Å². The van der Waals surface area contributed by atoms with Gasteiger partial charge in [-0.3, -0.25) is 9.59 Å². The second-order valence-corrected chi connectivity index (χ2v) is 5.62. The molecule has 0 bridgehead atoms. The summed E-state index contributed by atoms with van der Waals surface area (Å²) in [6, 6.07) is 7.34. The van der Waals surface area contributed by atoms with Crippen molar-refractivity contribution >= 4 is 11.9 Å². The van der Waals surface area contributed by atoms with E-state index >= 15 is 0 Å². The van der Waals surface area contributed by atoms with Gasteiger partial charge in [0.1, 0.15) is 5.75 Å². The molecule has 3 atom stereocenters. The van der Waals surface area contributed by atoms with Gasteiger partial charge in [-0.2, -0.15) is 0 Å². The van der Waals surface area contributed by atoms with E-state index < -0.39 is 11.9 Å². The Hall–Kier alpha value is -2.04. The largest absolute Gasteiger partial charge is 0.496 e. The van der Waals surface area contributed by atoms with Crippen LogP contribution in [0.15, 0.2) is 24.3 Å². The average molecular weight is 291 g/mol. The van der Waals surface area contributed by atoms with Gasteiger partial charge in [-0.15, -0.1) is 0 Å². The molecule has 1 aliphatic carbocycles. The summed E-state index contributed by atoms with van der Waals surface area (Å²) < 4.78 is 5.23. The number of carbonyl (C=O) groups is 2. The molecule has 1 aliphatic rings. The molecule has 21 heavy (non-hydrogen) atoms. The van der Waals surface area contributed by atoms with Crippen molar-refractivity contribution in [3.63, 3.8) is 0 Å². The molecule has 0 unspecified atom stereocenters. The summed E-state index contributed by atoms with van der Waals surface area (Å²) in [5.74, 6) is -0.447. The first-order valence-electron chi connectivity index (χ1n) is 7.15. The molecule has 0 aromatic heterocycles. The second kappa shape index (κ2) is 6.61. The number of nitrogens with one attached hydrogen (secondary N) is 1. The summed E-state index contributed by atoms with van der Waals surface area (Å²) in [4.78, 5) is 23.2. The molecule has 1 saturated carbocycles. The minimum Gasteiger partial charge on any atom is -0.496 e. The molecule has 1 aromatic carbocycles. The van der Waals surface area contributed by atoms with Gasteiger partial charge < -0.3 is 15.2 Å². The molecule has 1 fully saturated rings. The van der Waals surface area contributed by atoms with Gasteiger partial charge in [-0.1, -0.05) is 25.1 Å². The summed E-state index contributed by atoms with van der Waals surface area (Å²) in [7, 11) is 1.56. The van der Waals surface area contributed by atoms with E-state index in [0.717, 1.165) is 12.0 Å². The van der Waals surface area contributed by atoms with Crippen molar-refractivity contribution < 1.29 is 19.4 Å². The summed E-state index contributed by atoms with van der Waals surface area (Å²) in [6.45, 7) is 2.17. The van der Waals surface area contributed by atoms with Crippen molar-refractivity contribution in [1.29, 1.82) is 0 Å². The monoisotopic (exact) mass is 291 g/mol. The maximum Gasteiger partial charge on any atom is 0.308 e. The smallest absolute Gasteiger partial charge is 0.308 e. The molecule has 114 valence electrons. The fraction of sp³-hybridized carbons (Fsp3) is 0.500. The minimum atomic E-state index is -0.912. The van der Waals surface area contributed by atoms with Crippen LogP contribution in [0.2, 0.25) is 0 Å². The van der Waals surface area contributed by atoms with Gasteiger partial charge in [0.05, 0.1) is 13.0 Å². The predicted octanol–water partition coefficient (Wildman–Crippen LogP) is 1.71. The zero-order valence-electron chi connectivity index (χ0n) is 12.3. The number of hydrogen-bond acceptors (Lipinski definition) is 3. The second-order valence-electron chi connectivity index (χ2n) is 5.62. The number of carboxylic acid groups (broad SMARTS) is 1. The number of carboxylic acids is 1. The van der Waals surface area contributed by atoms with Crippen molar-refractivity contribution in [2.45, 2.75) is 19.8 Å². The van der Waals surface area contributed by atoms with Crippen LogP contribution in [-0.2, 0) is 16.0 Å². The molecule has 0 spiro atoms. The van der Waals surface area contributed by atoms with Crippen molar-refractivity contribution in [1.82, 2.24) is 5.32 Å². The van der Waals surface area contributed by atoms with Crippen LogP contribution in [0, 0.1) is 17.8 Å². The van der Waals surface area contributed by atoms with Crippen LogP contribution in [0.5, 0.6) is 5.75 Å². The van der Waals surface area contributed by atoms with Gasteiger partial charge in [0.25, 0.3) is 0 Å². The number of aliphatic carboxylic acids is 1. The van der Waals surface area contributed by atoms with Crippen LogP contribution in [0.1, 0.15) is 18.9 Å². The molecule has 2 N–H and O–H groups in total. The lowest BCUT2D eigenvalue weighted by Gasteiger charge is -2.15. The SMILES string of the molecule is COc1ccccc1C[C@H](CNC(=O)[C@@H]1C[C@@H]1C)C(=O)O. The fourth-order valence-corrected chi connectivity index (χ4v) is 2.43. The maximum absolute atomic E-state index is 11.8. The Morgan fingerprint density at radius 2 is 2.10 bits per heavy atom. The first-order chi connectivity index (χ1) is 10.0. The third kappa shape index (κ3) is 3.97. The molecule has 0 saturated heterocycles. The molecular formula is C16H21NO4. The minimum absolute atomic E-state index is 0.0335. The normalized spacial score (nSPS) is 21.4. The molecule has 5 nitrogen and oxygen atoms in total. The molecular weight excluding hydrogens is 270 g/mol. The van der Waals surface area contributed by atoms with E-state index in [1.165, 1.54) is 0 Å². The van der Waals surface area contributed by atoms with Gasteiger partial charge >= 0.3 is 5.97 Å². The number of benzene rings is 1. The van der Waals surface area contributed by atoms with Crippen LogP contribution < -0.4 is 10.1 Å². The molecule has 5 heteroatoms. The van der Waals surface area contributed by atoms with E-state index in [1.54, 1.807) is 13.2 Å². The zero-order chi connectivity index (χ0) is 15.4. The molecule has 2 rings (SSSR count). The van der Waals surface area contributed by atoms with Crippen LogP contribution >= 0.6 is 0 Å². The number of para-hydroxylation sites is 1. The van der Waals surface area contributed by atoms with Crippen molar-refractivity contribution in [3.05, 3.63) is 29.8 Å². The van der Waals surface area contributed by atoms with Crippen molar-refractivity contribution in [2.75, 3.05) is 13.7 Å². The van der Waals surface area contributed by atoms with Crippen molar-refractivity contribution in [3.8, 4) is 5.75 Å². The maximum atomic E-state index is 11.8. The first-order valence-corrected chi connectivity index (χ1v) is 7.15. The topological polar surface area (TPSA) is 75.6 Å². The van der Waals surface area contributed by atoms with Crippen LogP contribution in [-0.4, -0.2) is 30.6 Å². The van der Waals surface area contributed by atoms with Gasteiger partial charge in [0.2, 0.25) is 5.91 Å². The molecule has 0 heterocycles.